The van der Waals surface area contributed by atoms with Gasteiger partial charge in [0.25, 0.3) is 5.91 Å². The van der Waals surface area contributed by atoms with Crippen molar-refractivity contribution in [2.75, 3.05) is 13.7 Å². The number of piperidine rings is 1. The fourth-order valence-electron chi connectivity index (χ4n) is 3.31. The van der Waals surface area contributed by atoms with Gasteiger partial charge in [-0.3, -0.25) is 9.48 Å². The first-order valence-electron chi connectivity index (χ1n) is 8.31. The molecule has 0 bridgehead atoms. The van der Waals surface area contributed by atoms with Crippen LogP contribution in [0.3, 0.4) is 0 Å². The lowest BCUT2D eigenvalue weighted by atomic mass is 9.98. The number of aromatic nitrogens is 2. The molecule has 0 radical (unpaired) electrons. The van der Waals surface area contributed by atoms with Crippen molar-refractivity contribution in [1.82, 2.24) is 14.7 Å². The third-order valence-corrected chi connectivity index (χ3v) is 4.55. The van der Waals surface area contributed by atoms with Crippen LogP contribution in [0.1, 0.15) is 36.0 Å². The maximum atomic E-state index is 14.2. The fourth-order valence-corrected chi connectivity index (χ4v) is 3.31. The highest BCUT2D eigenvalue weighted by atomic mass is 19.1. The number of nitrogens with zero attached hydrogens (tertiary/aromatic N) is 3. The number of amides is 1. The van der Waals surface area contributed by atoms with Gasteiger partial charge in [-0.1, -0.05) is 6.07 Å². The maximum absolute atomic E-state index is 14.2. The van der Waals surface area contributed by atoms with Crippen LogP contribution < -0.4 is 4.74 Å². The van der Waals surface area contributed by atoms with Crippen molar-refractivity contribution >= 4 is 5.91 Å². The number of rotatable bonds is 5. The smallest absolute Gasteiger partial charge is 0.260 e. The zero-order valence-corrected chi connectivity index (χ0v) is 13.8. The number of halogens is 1. The molecule has 0 aliphatic carbocycles. The predicted octanol–water partition coefficient (Wildman–Crippen LogP) is 3.12. The summed E-state index contributed by atoms with van der Waals surface area (Å²) in [6.45, 7) is 1.40. The number of ether oxygens (including phenoxy) is 1. The summed E-state index contributed by atoms with van der Waals surface area (Å²) >= 11 is 0. The molecule has 1 aliphatic rings. The Hall–Kier alpha value is -2.37. The highest BCUT2D eigenvalue weighted by Gasteiger charge is 2.30. The molecular formula is C18H22FN3O2. The molecule has 1 aromatic heterocycles. The van der Waals surface area contributed by atoms with Crippen LogP contribution in [0.4, 0.5) is 4.39 Å². The average molecular weight is 331 g/mol. The molecule has 1 aliphatic heterocycles. The van der Waals surface area contributed by atoms with Crippen molar-refractivity contribution in [3.05, 3.63) is 48.0 Å². The second-order valence-electron chi connectivity index (χ2n) is 6.02. The Morgan fingerprint density at radius 3 is 3.00 bits per heavy atom. The standard InChI is InChI=1S/C18H22FN3O2/c1-24-16-8-4-7-15(19)17(16)18(23)22-12-3-2-6-14(22)9-13-21-11-5-10-20-21/h4-5,7-8,10-11,14H,2-3,6,9,12-13H2,1H3/t14-/m1/s1. The monoisotopic (exact) mass is 331 g/mol. The Bertz CT molecular complexity index is 688. The molecule has 1 fully saturated rings. The van der Waals surface area contributed by atoms with Gasteiger partial charge in [0, 0.05) is 31.5 Å². The Balaban J connectivity index is 1.78. The van der Waals surface area contributed by atoms with E-state index in [0.717, 1.165) is 32.2 Å². The molecule has 0 unspecified atom stereocenters. The molecule has 0 saturated carbocycles. The van der Waals surface area contributed by atoms with E-state index in [0.29, 0.717) is 6.54 Å². The van der Waals surface area contributed by atoms with Gasteiger partial charge in [0.05, 0.1) is 7.11 Å². The summed E-state index contributed by atoms with van der Waals surface area (Å²) in [5.41, 5.74) is 0.0333. The first-order chi connectivity index (χ1) is 11.7. The van der Waals surface area contributed by atoms with E-state index in [2.05, 4.69) is 5.10 Å². The minimum absolute atomic E-state index is 0.0333. The first-order valence-corrected chi connectivity index (χ1v) is 8.31. The minimum Gasteiger partial charge on any atom is -0.496 e. The van der Waals surface area contributed by atoms with Gasteiger partial charge in [-0.15, -0.1) is 0 Å². The Morgan fingerprint density at radius 1 is 1.38 bits per heavy atom. The molecule has 5 nitrogen and oxygen atoms in total. The number of likely N-dealkylation sites (tertiary alicyclic amines) is 1. The van der Waals surface area contributed by atoms with Gasteiger partial charge in [-0.2, -0.15) is 5.10 Å². The van der Waals surface area contributed by atoms with E-state index in [1.165, 1.54) is 13.2 Å². The van der Waals surface area contributed by atoms with Crippen LogP contribution in [0, 0.1) is 5.82 Å². The molecule has 1 saturated heterocycles. The molecule has 1 aromatic carbocycles. The Morgan fingerprint density at radius 2 is 2.25 bits per heavy atom. The molecular weight excluding hydrogens is 309 g/mol. The van der Waals surface area contributed by atoms with Gasteiger partial charge in [-0.05, 0) is 43.9 Å². The van der Waals surface area contributed by atoms with Crippen LogP contribution in [0.15, 0.2) is 36.7 Å². The summed E-state index contributed by atoms with van der Waals surface area (Å²) in [7, 11) is 1.46. The number of hydrogen-bond donors (Lipinski definition) is 0. The molecule has 2 heterocycles. The largest absolute Gasteiger partial charge is 0.496 e. The van der Waals surface area contributed by atoms with Crippen molar-refractivity contribution in [3.8, 4) is 5.75 Å². The molecule has 2 aromatic rings. The highest BCUT2D eigenvalue weighted by molar-refractivity contribution is 5.97. The van der Waals surface area contributed by atoms with Gasteiger partial charge >= 0.3 is 0 Å². The summed E-state index contributed by atoms with van der Waals surface area (Å²) in [5.74, 6) is -0.526. The molecule has 24 heavy (non-hydrogen) atoms. The zero-order chi connectivity index (χ0) is 16.9. The summed E-state index contributed by atoms with van der Waals surface area (Å²) < 4.78 is 21.3. The van der Waals surface area contributed by atoms with Crippen LogP contribution in [0.25, 0.3) is 0 Å². The van der Waals surface area contributed by atoms with E-state index in [9.17, 15) is 9.18 Å². The SMILES string of the molecule is COc1cccc(F)c1C(=O)N1CCCC[C@@H]1CCn1cccn1. The van der Waals surface area contributed by atoms with Gasteiger partial charge in [-0.25, -0.2) is 4.39 Å². The van der Waals surface area contributed by atoms with E-state index in [4.69, 9.17) is 4.74 Å². The number of carbonyl (C=O) groups is 1. The van der Waals surface area contributed by atoms with Crippen molar-refractivity contribution in [2.24, 2.45) is 0 Å². The molecule has 128 valence electrons. The predicted molar refractivity (Wildman–Crippen MR) is 88.5 cm³/mol. The van der Waals surface area contributed by atoms with Crippen LogP contribution >= 0.6 is 0 Å². The number of benzene rings is 1. The average Bonchev–Trinajstić information content (AvgIpc) is 3.13. The van der Waals surface area contributed by atoms with E-state index in [1.54, 1.807) is 23.2 Å². The molecule has 3 rings (SSSR count). The Kier molecular flexibility index (Phi) is 5.13. The van der Waals surface area contributed by atoms with Crippen molar-refractivity contribution in [3.63, 3.8) is 0 Å². The van der Waals surface area contributed by atoms with E-state index >= 15 is 0 Å². The summed E-state index contributed by atoms with van der Waals surface area (Å²) in [6.07, 6.45) is 7.43. The lowest BCUT2D eigenvalue weighted by Gasteiger charge is -2.36. The summed E-state index contributed by atoms with van der Waals surface area (Å²) in [5, 5.41) is 4.20. The van der Waals surface area contributed by atoms with Gasteiger partial charge in [0.15, 0.2) is 0 Å². The van der Waals surface area contributed by atoms with Crippen molar-refractivity contribution in [2.45, 2.75) is 38.3 Å². The second-order valence-corrected chi connectivity index (χ2v) is 6.02. The maximum Gasteiger partial charge on any atom is 0.260 e. The van der Waals surface area contributed by atoms with E-state index in [-0.39, 0.29) is 23.3 Å². The zero-order valence-electron chi connectivity index (χ0n) is 13.8. The lowest BCUT2D eigenvalue weighted by Crippen LogP contribution is -2.44. The lowest BCUT2D eigenvalue weighted by molar-refractivity contribution is 0.0585. The normalized spacial score (nSPS) is 17.8. The molecule has 6 heteroatoms. The van der Waals surface area contributed by atoms with Crippen molar-refractivity contribution < 1.29 is 13.9 Å². The highest BCUT2D eigenvalue weighted by Crippen LogP contribution is 2.28. The number of hydrogen-bond acceptors (Lipinski definition) is 3. The molecule has 0 spiro atoms. The molecule has 1 amide bonds. The third-order valence-electron chi connectivity index (χ3n) is 4.55. The first kappa shape index (κ1) is 16.5. The van der Waals surface area contributed by atoms with Crippen molar-refractivity contribution in [1.29, 1.82) is 0 Å². The topological polar surface area (TPSA) is 47.4 Å². The molecule has 0 N–H and O–H groups in total. The number of aryl methyl sites for hydroxylation is 1. The van der Waals surface area contributed by atoms with Crippen LogP contribution in [0.5, 0.6) is 5.75 Å². The van der Waals surface area contributed by atoms with Gasteiger partial charge in [0.2, 0.25) is 0 Å². The Labute approximate surface area is 141 Å². The van der Waals surface area contributed by atoms with Gasteiger partial charge in [0.1, 0.15) is 17.1 Å². The second kappa shape index (κ2) is 7.47. The molecule has 1 atom stereocenters. The van der Waals surface area contributed by atoms with Crippen LogP contribution in [0.2, 0.25) is 0 Å². The summed E-state index contributed by atoms with van der Waals surface area (Å²) in [4.78, 5) is 14.8. The number of carbonyl (C=O) groups excluding carboxylic acids is 1. The minimum atomic E-state index is -0.532. The third kappa shape index (κ3) is 3.42. The quantitative estimate of drug-likeness (QED) is 0.846. The number of methoxy groups -OCH3 is 1. The fraction of sp³-hybridized carbons (Fsp3) is 0.444. The summed E-state index contributed by atoms with van der Waals surface area (Å²) in [6, 6.07) is 6.46. The van der Waals surface area contributed by atoms with E-state index < -0.39 is 5.82 Å². The van der Waals surface area contributed by atoms with Crippen LogP contribution in [-0.4, -0.2) is 40.3 Å². The van der Waals surface area contributed by atoms with E-state index in [1.807, 2.05) is 16.9 Å². The van der Waals surface area contributed by atoms with Gasteiger partial charge < -0.3 is 9.64 Å². The van der Waals surface area contributed by atoms with Crippen LogP contribution in [-0.2, 0) is 6.54 Å².